The first-order valence-corrected chi connectivity index (χ1v) is 6.61. The Kier molecular flexibility index (Phi) is 6.76. The number of halogens is 4. The van der Waals surface area contributed by atoms with Gasteiger partial charge in [-0.3, -0.25) is 4.79 Å². The third kappa shape index (κ3) is 4.96. The Bertz CT molecular complexity index is 511. The molecule has 1 unspecified atom stereocenters. The topological polar surface area (TPSA) is 58.6 Å². The van der Waals surface area contributed by atoms with Crippen LogP contribution in [0.2, 0.25) is 0 Å². The molecular weight excluding hydrogens is 306 g/mol. The van der Waals surface area contributed by atoms with Crippen molar-refractivity contribution in [1.82, 2.24) is 5.32 Å². The van der Waals surface area contributed by atoms with Crippen molar-refractivity contribution in [3.05, 3.63) is 34.9 Å². The van der Waals surface area contributed by atoms with Crippen LogP contribution in [0.1, 0.15) is 24.2 Å². The largest absolute Gasteiger partial charge is 0.389 e. The van der Waals surface area contributed by atoms with Gasteiger partial charge in [-0.1, -0.05) is 13.8 Å². The maximum Gasteiger partial charge on any atom is 0.257 e. The zero-order valence-corrected chi connectivity index (χ0v) is 12.1. The Hall–Kier alpha value is -1.67. The minimum Gasteiger partial charge on any atom is -0.389 e. The van der Waals surface area contributed by atoms with E-state index >= 15 is 0 Å². The van der Waals surface area contributed by atoms with E-state index < -0.39 is 40.8 Å². The van der Waals surface area contributed by atoms with Crippen molar-refractivity contribution in [2.45, 2.75) is 20.0 Å². The van der Waals surface area contributed by atoms with Gasteiger partial charge in [0.15, 0.2) is 23.3 Å². The van der Waals surface area contributed by atoms with Crippen LogP contribution in [0.15, 0.2) is 6.07 Å². The van der Waals surface area contributed by atoms with E-state index in [1.54, 1.807) is 0 Å². The molecule has 1 amide bonds. The van der Waals surface area contributed by atoms with Gasteiger partial charge < -0.3 is 15.2 Å². The number of benzene rings is 1. The Morgan fingerprint density at radius 2 is 1.73 bits per heavy atom. The molecule has 22 heavy (non-hydrogen) atoms. The molecule has 0 bridgehead atoms. The highest BCUT2D eigenvalue weighted by molar-refractivity contribution is 5.94. The zero-order valence-electron chi connectivity index (χ0n) is 12.1. The summed E-state index contributed by atoms with van der Waals surface area (Å²) >= 11 is 0. The van der Waals surface area contributed by atoms with Crippen molar-refractivity contribution in [3.63, 3.8) is 0 Å². The van der Waals surface area contributed by atoms with E-state index in [0.29, 0.717) is 6.61 Å². The van der Waals surface area contributed by atoms with Gasteiger partial charge in [0.25, 0.3) is 5.91 Å². The number of carbonyl (C=O) groups is 1. The van der Waals surface area contributed by atoms with E-state index in [-0.39, 0.29) is 25.1 Å². The predicted molar refractivity (Wildman–Crippen MR) is 70.3 cm³/mol. The molecule has 0 spiro atoms. The second kappa shape index (κ2) is 8.09. The molecule has 0 saturated carbocycles. The number of hydrogen-bond donors (Lipinski definition) is 2. The van der Waals surface area contributed by atoms with Crippen LogP contribution in [0.4, 0.5) is 17.6 Å². The average Bonchev–Trinajstić information content (AvgIpc) is 2.43. The lowest BCUT2D eigenvalue weighted by atomic mass is 10.1. The van der Waals surface area contributed by atoms with Gasteiger partial charge in [0.1, 0.15) is 5.56 Å². The van der Waals surface area contributed by atoms with E-state index in [1.807, 2.05) is 19.2 Å². The Balaban J connectivity index is 2.63. The molecule has 8 heteroatoms. The number of ether oxygens (including phenoxy) is 1. The minimum absolute atomic E-state index is 0.00997. The summed E-state index contributed by atoms with van der Waals surface area (Å²) in [6.07, 6.45) is -1.12. The van der Waals surface area contributed by atoms with Gasteiger partial charge >= 0.3 is 0 Å². The van der Waals surface area contributed by atoms with Gasteiger partial charge in [0.05, 0.1) is 12.7 Å². The Morgan fingerprint density at radius 1 is 1.18 bits per heavy atom. The van der Waals surface area contributed by atoms with E-state index in [0.717, 1.165) is 0 Å². The molecule has 0 fully saturated rings. The summed E-state index contributed by atoms with van der Waals surface area (Å²) in [6.45, 7) is 3.72. The van der Waals surface area contributed by atoms with Crippen molar-refractivity contribution < 1.29 is 32.2 Å². The maximum atomic E-state index is 13.4. The maximum absolute atomic E-state index is 13.4. The molecule has 0 aliphatic heterocycles. The van der Waals surface area contributed by atoms with Gasteiger partial charge in [-0.15, -0.1) is 0 Å². The van der Waals surface area contributed by atoms with Gasteiger partial charge in [0.2, 0.25) is 0 Å². The molecule has 0 heterocycles. The number of hydrogen-bond acceptors (Lipinski definition) is 3. The summed E-state index contributed by atoms with van der Waals surface area (Å²) in [7, 11) is 0. The van der Waals surface area contributed by atoms with E-state index in [2.05, 4.69) is 0 Å². The van der Waals surface area contributed by atoms with Crippen molar-refractivity contribution >= 4 is 5.91 Å². The van der Waals surface area contributed by atoms with Crippen LogP contribution >= 0.6 is 0 Å². The SMILES string of the molecule is CC(C)COCC(O)CNC(=O)c1c(F)c(F)cc(F)c1F. The molecule has 1 aromatic carbocycles. The standard InChI is InChI=1S/C14H17F4NO3/c1-7(2)5-22-6-8(20)4-19-14(21)11-12(17)9(15)3-10(16)13(11)18/h3,7-8,20H,4-6H2,1-2H3,(H,19,21). The lowest BCUT2D eigenvalue weighted by molar-refractivity contribution is 0.0258. The Morgan fingerprint density at radius 3 is 2.23 bits per heavy atom. The van der Waals surface area contributed by atoms with E-state index in [9.17, 15) is 27.5 Å². The summed E-state index contributed by atoms with van der Waals surface area (Å²) in [5.41, 5.74) is -1.37. The quantitative estimate of drug-likeness (QED) is 0.596. The first kappa shape index (κ1) is 18.4. The second-order valence-electron chi connectivity index (χ2n) is 5.14. The van der Waals surface area contributed by atoms with Crippen LogP contribution in [-0.4, -0.2) is 36.9 Å². The number of carbonyl (C=O) groups excluding carboxylic acids is 1. The van der Waals surface area contributed by atoms with E-state index in [4.69, 9.17) is 4.74 Å². The number of rotatable bonds is 7. The highest BCUT2D eigenvalue weighted by Gasteiger charge is 2.25. The fourth-order valence-electron chi connectivity index (χ4n) is 1.57. The number of amides is 1. The molecule has 4 nitrogen and oxygen atoms in total. The van der Waals surface area contributed by atoms with Crippen LogP contribution in [0.5, 0.6) is 0 Å². The fraction of sp³-hybridized carbons (Fsp3) is 0.500. The third-order valence-electron chi connectivity index (χ3n) is 2.60. The number of aliphatic hydroxyl groups is 1. The number of nitrogens with one attached hydrogen (secondary N) is 1. The van der Waals surface area contributed by atoms with Crippen LogP contribution < -0.4 is 5.32 Å². The first-order valence-electron chi connectivity index (χ1n) is 6.61. The molecule has 1 rings (SSSR count). The summed E-state index contributed by atoms with van der Waals surface area (Å²) in [5.74, 6) is -8.05. The highest BCUT2D eigenvalue weighted by atomic mass is 19.2. The molecule has 0 saturated heterocycles. The molecule has 0 aromatic heterocycles. The molecular formula is C14H17F4NO3. The van der Waals surface area contributed by atoms with Crippen molar-refractivity contribution in [2.75, 3.05) is 19.8 Å². The molecule has 124 valence electrons. The average molecular weight is 323 g/mol. The summed E-state index contributed by atoms with van der Waals surface area (Å²) < 4.78 is 57.9. The summed E-state index contributed by atoms with van der Waals surface area (Å²) in [4.78, 5) is 11.6. The van der Waals surface area contributed by atoms with Gasteiger partial charge in [-0.2, -0.15) is 0 Å². The highest BCUT2D eigenvalue weighted by Crippen LogP contribution is 2.19. The smallest absolute Gasteiger partial charge is 0.257 e. The summed E-state index contributed by atoms with van der Waals surface area (Å²) in [5, 5.41) is 11.5. The van der Waals surface area contributed by atoms with Crippen LogP contribution in [0.25, 0.3) is 0 Å². The zero-order chi connectivity index (χ0) is 16.9. The molecule has 1 atom stereocenters. The molecule has 1 aromatic rings. The van der Waals surface area contributed by atoms with Gasteiger partial charge in [-0.25, -0.2) is 17.6 Å². The molecule has 0 aliphatic rings. The monoisotopic (exact) mass is 323 g/mol. The van der Waals surface area contributed by atoms with Crippen molar-refractivity contribution in [1.29, 1.82) is 0 Å². The molecule has 2 N–H and O–H groups in total. The third-order valence-corrected chi connectivity index (χ3v) is 2.60. The van der Waals surface area contributed by atoms with Gasteiger partial charge in [-0.05, 0) is 5.92 Å². The lowest BCUT2D eigenvalue weighted by Gasteiger charge is -2.14. The lowest BCUT2D eigenvalue weighted by Crippen LogP contribution is -2.36. The normalized spacial score (nSPS) is 12.5. The van der Waals surface area contributed by atoms with Gasteiger partial charge in [0, 0.05) is 19.2 Å². The fourth-order valence-corrected chi connectivity index (χ4v) is 1.57. The first-order chi connectivity index (χ1) is 10.2. The second-order valence-corrected chi connectivity index (χ2v) is 5.14. The molecule has 0 radical (unpaired) electrons. The Labute approximate surface area is 125 Å². The van der Waals surface area contributed by atoms with E-state index in [1.165, 1.54) is 0 Å². The number of aliphatic hydroxyl groups excluding tert-OH is 1. The van der Waals surface area contributed by atoms with Crippen molar-refractivity contribution in [2.24, 2.45) is 5.92 Å². The summed E-state index contributed by atoms with van der Waals surface area (Å²) in [6, 6.07) is 0.00997. The van der Waals surface area contributed by atoms with Crippen LogP contribution in [0, 0.1) is 29.2 Å². The van der Waals surface area contributed by atoms with Crippen LogP contribution in [0.3, 0.4) is 0 Å². The minimum atomic E-state index is -1.79. The van der Waals surface area contributed by atoms with Crippen molar-refractivity contribution in [3.8, 4) is 0 Å². The molecule has 0 aliphatic carbocycles. The predicted octanol–water partition coefficient (Wildman–Crippen LogP) is 2.01. The van der Waals surface area contributed by atoms with Crippen LogP contribution in [-0.2, 0) is 4.74 Å².